The fourth-order valence-corrected chi connectivity index (χ4v) is 4.57. The van der Waals surface area contributed by atoms with Crippen LogP contribution in [0.4, 0.5) is 5.13 Å². The highest BCUT2D eigenvalue weighted by Crippen LogP contribution is 2.51. The summed E-state index contributed by atoms with van der Waals surface area (Å²) in [6.07, 6.45) is 3.10. The number of nitrogens with one attached hydrogen (secondary N) is 2. The van der Waals surface area contributed by atoms with Crippen LogP contribution in [0.15, 0.2) is 18.2 Å². The number of amides is 2. The molecule has 2 N–H and O–H groups in total. The molecule has 1 saturated carbocycles. The summed E-state index contributed by atoms with van der Waals surface area (Å²) >= 11 is 1.24. The largest absolute Gasteiger partial charge is 0.454 e. The number of aromatic nitrogens is 1. The summed E-state index contributed by atoms with van der Waals surface area (Å²) in [6.45, 7) is 3.57. The molecule has 0 radical (unpaired) electrons. The van der Waals surface area contributed by atoms with Gasteiger partial charge in [-0.2, -0.15) is 0 Å². The molecule has 0 atom stereocenters. The Morgan fingerprint density at radius 3 is 2.71 bits per heavy atom. The van der Waals surface area contributed by atoms with Gasteiger partial charge in [0.25, 0.3) is 5.91 Å². The van der Waals surface area contributed by atoms with E-state index in [4.69, 9.17) is 9.47 Å². The van der Waals surface area contributed by atoms with Gasteiger partial charge in [-0.15, -0.1) is 0 Å². The fourth-order valence-electron chi connectivity index (χ4n) is 3.64. The third-order valence-corrected chi connectivity index (χ3v) is 6.58. The molecular formula is C22H28N4O4S. The van der Waals surface area contributed by atoms with Crippen molar-refractivity contribution < 1.29 is 19.1 Å². The van der Waals surface area contributed by atoms with Gasteiger partial charge in [0.1, 0.15) is 4.88 Å². The van der Waals surface area contributed by atoms with Gasteiger partial charge in [0.15, 0.2) is 16.6 Å². The lowest BCUT2D eigenvalue weighted by atomic mass is 9.94. The minimum atomic E-state index is -0.578. The molecule has 2 aliphatic rings. The number of carbonyl (C=O) groups is 2. The summed E-state index contributed by atoms with van der Waals surface area (Å²) in [4.78, 5) is 33.0. The monoisotopic (exact) mass is 444 g/mol. The van der Waals surface area contributed by atoms with Crippen molar-refractivity contribution in [2.75, 3.05) is 39.3 Å². The summed E-state index contributed by atoms with van der Waals surface area (Å²) < 4.78 is 10.8. The summed E-state index contributed by atoms with van der Waals surface area (Å²) in [7, 11) is 3.92. The Morgan fingerprint density at radius 1 is 1.23 bits per heavy atom. The van der Waals surface area contributed by atoms with Gasteiger partial charge in [0.05, 0.1) is 11.1 Å². The standard InChI is InChI=1S/C22H28N4O4S/c1-4-5-15-18(19(27)23-10-11-26(2)3)31-21(24-15)25-20(28)22(8-9-22)14-6-7-16-17(12-14)30-13-29-16/h6-7,12H,4-5,8-11,13H2,1-3H3,(H,23,27)(H,24,25,28). The van der Waals surface area contributed by atoms with Crippen LogP contribution in [0.25, 0.3) is 0 Å². The second kappa shape index (κ2) is 8.84. The highest BCUT2D eigenvalue weighted by Gasteiger charge is 2.52. The van der Waals surface area contributed by atoms with Gasteiger partial charge in [0.2, 0.25) is 12.7 Å². The molecule has 1 fully saturated rings. The first-order valence-corrected chi connectivity index (χ1v) is 11.4. The Morgan fingerprint density at radius 2 is 2.00 bits per heavy atom. The molecule has 2 heterocycles. The minimum absolute atomic E-state index is 0.0947. The van der Waals surface area contributed by atoms with Gasteiger partial charge >= 0.3 is 0 Å². The fraction of sp³-hybridized carbons (Fsp3) is 0.500. The lowest BCUT2D eigenvalue weighted by molar-refractivity contribution is -0.118. The van der Waals surface area contributed by atoms with E-state index in [1.165, 1.54) is 11.3 Å². The number of thiazole rings is 1. The summed E-state index contributed by atoms with van der Waals surface area (Å²) in [5.74, 6) is 1.14. The van der Waals surface area contributed by atoms with Crippen molar-refractivity contribution in [2.45, 2.75) is 38.0 Å². The van der Waals surface area contributed by atoms with Gasteiger partial charge in [-0.25, -0.2) is 4.98 Å². The third kappa shape index (κ3) is 4.52. The van der Waals surface area contributed by atoms with Crippen molar-refractivity contribution in [3.05, 3.63) is 34.3 Å². The molecule has 31 heavy (non-hydrogen) atoms. The molecule has 2 amide bonds. The van der Waals surface area contributed by atoms with Crippen LogP contribution in [-0.2, 0) is 16.6 Å². The number of nitrogens with zero attached hydrogens (tertiary/aromatic N) is 2. The van der Waals surface area contributed by atoms with E-state index >= 15 is 0 Å². The maximum absolute atomic E-state index is 13.2. The van der Waals surface area contributed by atoms with E-state index < -0.39 is 5.41 Å². The molecule has 1 aromatic heterocycles. The quantitative estimate of drug-likeness (QED) is 0.618. The van der Waals surface area contributed by atoms with Crippen LogP contribution in [0.3, 0.4) is 0 Å². The highest BCUT2D eigenvalue weighted by molar-refractivity contribution is 7.17. The Hall–Kier alpha value is -2.65. The Balaban J connectivity index is 1.48. The zero-order valence-corrected chi connectivity index (χ0v) is 18.9. The predicted octanol–water partition coefficient (Wildman–Crippen LogP) is 2.79. The van der Waals surface area contributed by atoms with E-state index in [9.17, 15) is 9.59 Å². The number of ether oxygens (including phenoxy) is 2. The van der Waals surface area contributed by atoms with Crippen LogP contribution in [-0.4, -0.2) is 55.7 Å². The van der Waals surface area contributed by atoms with Crippen molar-refractivity contribution in [1.29, 1.82) is 0 Å². The van der Waals surface area contributed by atoms with Gasteiger partial charge in [-0.05, 0) is 51.1 Å². The topological polar surface area (TPSA) is 92.8 Å². The van der Waals surface area contributed by atoms with Crippen LogP contribution in [0.1, 0.15) is 47.1 Å². The smallest absolute Gasteiger partial charge is 0.263 e. The molecule has 1 aliphatic carbocycles. The van der Waals surface area contributed by atoms with Crippen molar-refractivity contribution in [3.8, 4) is 11.5 Å². The highest BCUT2D eigenvalue weighted by atomic mass is 32.1. The number of anilines is 1. The van der Waals surface area contributed by atoms with E-state index in [2.05, 4.69) is 15.6 Å². The molecule has 2 aromatic rings. The Bertz CT molecular complexity index is 984. The number of carbonyl (C=O) groups excluding carboxylic acids is 2. The average molecular weight is 445 g/mol. The third-order valence-electron chi connectivity index (χ3n) is 5.57. The predicted molar refractivity (Wildman–Crippen MR) is 119 cm³/mol. The van der Waals surface area contributed by atoms with E-state index in [1.54, 1.807) is 0 Å². The van der Waals surface area contributed by atoms with Gasteiger partial charge in [-0.3, -0.25) is 9.59 Å². The van der Waals surface area contributed by atoms with Gasteiger partial charge in [-0.1, -0.05) is 30.7 Å². The van der Waals surface area contributed by atoms with Crippen molar-refractivity contribution in [3.63, 3.8) is 0 Å². The van der Waals surface area contributed by atoms with Crippen LogP contribution in [0.2, 0.25) is 0 Å². The van der Waals surface area contributed by atoms with Gasteiger partial charge in [0, 0.05) is 13.1 Å². The van der Waals surface area contributed by atoms with E-state index in [1.807, 2.05) is 44.1 Å². The molecular weight excluding hydrogens is 416 g/mol. The van der Waals surface area contributed by atoms with E-state index in [0.29, 0.717) is 34.5 Å². The Kier molecular flexibility index (Phi) is 6.15. The van der Waals surface area contributed by atoms with Crippen LogP contribution in [0, 0.1) is 0 Å². The number of benzene rings is 1. The van der Waals surface area contributed by atoms with Crippen molar-refractivity contribution in [1.82, 2.24) is 15.2 Å². The van der Waals surface area contributed by atoms with Crippen LogP contribution in [0.5, 0.6) is 11.5 Å². The zero-order valence-electron chi connectivity index (χ0n) is 18.1. The SMILES string of the molecule is CCCc1nc(NC(=O)C2(c3ccc4c(c3)OCO4)CC2)sc1C(=O)NCCN(C)C. The minimum Gasteiger partial charge on any atom is -0.454 e. The molecule has 1 aliphatic heterocycles. The molecule has 0 bridgehead atoms. The number of fused-ring (bicyclic) bond motifs is 1. The maximum atomic E-state index is 13.2. The molecule has 0 saturated heterocycles. The zero-order chi connectivity index (χ0) is 22.0. The number of aryl methyl sites for hydroxylation is 1. The summed E-state index contributed by atoms with van der Waals surface area (Å²) in [6, 6.07) is 5.67. The second-order valence-electron chi connectivity index (χ2n) is 8.21. The first-order chi connectivity index (χ1) is 14.9. The van der Waals surface area contributed by atoms with Crippen molar-refractivity contribution in [2.24, 2.45) is 0 Å². The number of likely N-dealkylation sites (N-methyl/N-ethyl adjacent to an activating group) is 1. The lowest BCUT2D eigenvalue weighted by Crippen LogP contribution is -2.31. The van der Waals surface area contributed by atoms with Gasteiger partial charge < -0.3 is 25.0 Å². The molecule has 8 nitrogen and oxygen atoms in total. The summed E-state index contributed by atoms with van der Waals surface area (Å²) in [5.41, 5.74) is 1.07. The first-order valence-electron chi connectivity index (χ1n) is 10.6. The lowest BCUT2D eigenvalue weighted by Gasteiger charge is -2.15. The average Bonchev–Trinajstić information content (AvgIpc) is 3.25. The number of rotatable bonds is 9. The molecule has 166 valence electrons. The number of hydrogen-bond acceptors (Lipinski definition) is 7. The molecule has 0 spiro atoms. The molecule has 0 unspecified atom stereocenters. The normalized spacial score (nSPS) is 15.7. The van der Waals surface area contributed by atoms with E-state index in [-0.39, 0.29) is 18.6 Å². The molecule has 1 aromatic carbocycles. The Labute approximate surface area is 185 Å². The molecule has 4 rings (SSSR count). The number of hydrogen-bond donors (Lipinski definition) is 2. The van der Waals surface area contributed by atoms with Crippen LogP contribution >= 0.6 is 11.3 Å². The second-order valence-corrected chi connectivity index (χ2v) is 9.21. The first kappa shape index (κ1) is 21.6. The van der Waals surface area contributed by atoms with Crippen molar-refractivity contribution >= 4 is 28.3 Å². The summed E-state index contributed by atoms with van der Waals surface area (Å²) in [5, 5.41) is 6.38. The van der Waals surface area contributed by atoms with Crippen LogP contribution < -0.4 is 20.1 Å². The molecule has 9 heteroatoms. The van der Waals surface area contributed by atoms with E-state index in [0.717, 1.165) is 37.1 Å². The maximum Gasteiger partial charge on any atom is 0.263 e.